The fourth-order valence-corrected chi connectivity index (χ4v) is 5.20. The summed E-state index contributed by atoms with van der Waals surface area (Å²) in [7, 11) is 0. The van der Waals surface area contributed by atoms with Crippen molar-refractivity contribution < 1.29 is 18.0 Å². The summed E-state index contributed by atoms with van der Waals surface area (Å²) in [6, 6.07) is 18.2. The molecule has 9 heteroatoms. The number of hydrogen-bond acceptors (Lipinski definition) is 5. The second kappa shape index (κ2) is 9.48. The van der Waals surface area contributed by atoms with Crippen LogP contribution in [0.15, 0.2) is 79.3 Å². The van der Waals surface area contributed by atoms with E-state index in [-0.39, 0.29) is 11.1 Å². The molecule has 2 aromatic carbocycles. The normalized spacial score (nSPS) is 11.3. The molecule has 0 saturated carbocycles. The summed E-state index contributed by atoms with van der Waals surface area (Å²) in [6.07, 6.45) is 0.388. The van der Waals surface area contributed by atoms with Gasteiger partial charge in [0.05, 0.1) is 21.3 Å². The van der Waals surface area contributed by atoms with E-state index < -0.39 is 17.6 Å². The van der Waals surface area contributed by atoms with Crippen LogP contribution in [-0.4, -0.2) is 15.9 Å². The molecule has 0 radical (unpaired) electrons. The zero-order valence-corrected chi connectivity index (χ0v) is 20.1. The van der Waals surface area contributed by atoms with E-state index in [9.17, 15) is 23.2 Å². The van der Waals surface area contributed by atoms with Gasteiger partial charge < -0.3 is 5.32 Å². The predicted octanol–water partition coefficient (Wildman–Crippen LogP) is 7.48. The van der Waals surface area contributed by atoms with E-state index in [0.717, 1.165) is 21.2 Å². The quantitative estimate of drug-likeness (QED) is 0.270. The minimum Gasteiger partial charge on any atom is -0.322 e. The first-order valence-corrected chi connectivity index (χ1v) is 11.9. The molecular weight excluding hydrogens is 497 g/mol. The number of carbonyl (C=O) groups excluding carboxylic acids is 1. The molecule has 1 N–H and O–H groups in total. The standard InChI is InChI=1S/C28H17F3N4OS/c1-16-7-8-18(11-22(16)28(29,30)31)27(36)35-21-6-2-4-17(10-21)25-20(13-32)15-34-23-12-24(37-26(23)25)19-5-3-9-33-14-19/h2-12,14-15H,1H3,(H,35,36). The number of halogens is 3. The third-order valence-corrected chi connectivity index (χ3v) is 7.01. The molecule has 0 atom stereocenters. The van der Waals surface area contributed by atoms with Gasteiger partial charge in [-0.1, -0.05) is 24.3 Å². The predicted molar refractivity (Wildman–Crippen MR) is 137 cm³/mol. The number of alkyl halides is 3. The van der Waals surface area contributed by atoms with Crippen LogP contribution in [0.2, 0.25) is 0 Å². The first-order valence-electron chi connectivity index (χ1n) is 11.1. The average molecular weight is 515 g/mol. The van der Waals surface area contributed by atoms with Crippen LogP contribution in [-0.2, 0) is 6.18 Å². The lowest BCUT2D eigenvalue weighted by Crippen LogP contribution is -2.15. The molecule has 5 aromatic rings. The Morgan fingerprint density at radius 2 is 1.84 bits per heavy atom. The van der Waals surface area contributed by atoms with Crippen LogP contribution >= 0.6 is 11.3 Å². The Hall–Kier alpha value is -4.55. The van der Waals surface area contributed by atoms with Crippen LogP contribution in [0.3, 0.4) is 0 Å². The highest BCUT2D eigenvalue weighted by Crippen LogP contribution is 2.40. The van der Waals surface area contributed by atoms with Crippen molar-refractivity contribution in [3.05, 3.63) is 102 Å². The van der Waals surface area contributed by atoms with Gasteiger partial charge in [-0.15, -0.1) is 11.3 Å². The number of benzene rings is 2. The van der Waals surface area contributed by atoms with Gasteiger partial charge in [0, 0.05) is 45.8 Å². The fraction of sp³-hybridized carbons (Fsp3) is 0.0714. The number of nitrogens with one attached hydrogen (secondary N) is 1. The van der Waals surface area contributed by atoms with Crippen LogP contribution in [0.4, 0.5) is 18.9 Å². The topological polar surface area (TPSA) is 78.7 Å². The van der Waals surface area contributed by atoms with Gasteiger partial charge in [0.25, 0.3) is 5.91 Å². The van der Waals surface area contributed by atoms with Crippen LogP contribution in [0.1, 0.15) is 27.0 Å². The van der Waals surface area contributed by atoms with Crippen LogP contribution in [0, 0.1) is 18.3 Å². The number of rotatable bonds is 4. The fourth-order valence-electron chi connectivity index (χ4n) is 4.02. The monoisotopic (exact) mass is 514 g/mol. The van der Waals surface area contributed by atoms with Crippen LogP contribution in [0.25, 0.3) is 31.8 Å². The SMILES string of the molecule is Cc1ccc(C(=O)Nc2cccc(-c3c(C#N)cnc4cc(-c5cccnc5)sc34)c2)cc1C(F)(F)F. The average Bonchev–Trinajstić information content (AvgIpc) is 3.32. The number of pyridine rings is 2. The second-order valence-electron chi connectivity index (χ2n) is 8.29. The molecule has 0 bridgehead atoms. The molecule has 182 valence electrons. The first kappa shape index (κ1) is 24.2. The smallest absolute Gasteiger partial charge is 0.322 e. The number of aromatic nitrogens is 2. The Bertz CT molecular complexity index is 1690. The Balaban J connectivity index is 1.53. The van der Waals surface area contributed by atoms with Gasteiger partial charge in [0.2, 0.25) is 0 Å². The van der Waals surface area contributed by atoms with E-state index in [1.807, 2.05) is 24.3 Å². The molecule has 37 heavy (non-hydrogen) atoms. The largest absolute Gasteiger partial charge is 0.416 e. The maximum Gasteiger partial charge on any atom is 0.416 e. The highest BCUT2D eigenvalue weighted by molar-refractivity contribution is 7.22. The number of fused-ring (bicyclic) bond motifs is 1. The highest BCUT2D eigenvalue weighted by Gasteiger charge is 2.33. The summed E-state index contributed by atoms with van der Waals surface area (Å²) in [5.74, 6) is -0.669. The molecule has 3 aromatic heterocycles. The molecule has 0 saturated heterocycles. The number of carbonyl (C=O) groups is 1. The van der Waals surface area contributed by atoms with E-state index >= 15 is 0 Å². The van der Waals surface area contributed by atoms with Crippen molar-refractivity contribution in [2.24, 2.45) is 0 Å². The second-order valence-corrected chi connectivity index (χ2v) is 9.34. The molecule has 0 aliphatic rings. The molecule has 0 spiro atoms. The van der Waals surface area contributed by atoms with Crippen molar-refractivity contribution >= 4 is 33.1 Å². The maximum atomic E-state index is 13.3. The molecule has 5 rings (SSSR count). The number of nitriles is 1. The summed E-state index contributed by atoms with van der Waals surface area (Å²) in [6.45, 7) is 1.35. The van der Waals surface area contributed by atoms with Crippen molar-refractivity contribution in [1.29, 1.82) is 5.26 Å². The van der Waals surface area contributed by atoms with E-state index in [2.05, 4.69) is 21.4 Å². The molecule has 0 fully saturated rings. The van der Waals surface area contributed by atoms with Crippen molar-refractivity contribution in [3.63, 3.8) is 0 Å². The molecule has 0 aliphatic heterocycles. The van der Waals surface area contributed by atoms with Gasteiger partial charge in [0.1, 0.15) is 6.07 Å². The molecular formula is C28H17F3N4OS. The first-order chi connectivity index (χ1) is 17.7. The van der Waals surface area contributed by atoms with Crippen molar-refractivity contribution in [2.75, 3.05) is 5.32 Å². The molecule has 5 nitrogen and oxygen atoms in total. The minimum atomic E-state index is -4.56. The number of aryl methyl sites for hydroxylation is 1. The Kier molecular flexibility index (Phi) is 6.19. The Morgan fingerprint density at radius 1 is 1.03 bits per heavy atom. The van der Waals surface area contributed by atoms with Gasteiger partial charge >= 0.3 is 6.18 Å². The summed E-state index contributed by atoms with van der Waals surface area (Å²) in [5.41, 5.74) is 2.80. The van der Waals surface area contributed by atoms with E-state index in [1.54, 1.807) is 30.6 Å². The van der Waals surface area contributed by atoms with Crippen molar-refractivity contribution in [1.82, 2.24) is 9.97 Å². The Labute approximate surface area is 213 Å². The van der Waals surface area contributed by atoms with Gasteiger partial charge in [-0.3, -0.25) is 14.8 Å². The minimum absolute atomic E-state index is 0.0402. The lowest BCUT2D eigenvalue weighted by Gasteiger charge is -2.13. The van der Waals surface area contributed by atoms with E-state index in [0.29, 0.717) is 27.9 Å². The zero-order chi connectivity index (χ0) is 26.2. The van der Waals surface area contributed by atoms with Gasteiger partial charge in [-0.2, -0.15) is 18.4 Å². The summed E-state index contributed by atoms with van der Waals surface area (Å²) >= 11 is 1.48. The third-order valence-electron chi connectivity index (χ3n) is 5.82. The maximum absolute atomic E-state index is 13.3. The van der Waals surface area contributed by atoms with E-state index in [1.165, 1.54) is 36.6 Å². The van der Waals surface area contributed by atoms with E-state index in [4.69, 9.17) is 0 Å². The molecule has 0 aliphatic carbocycles. The van der Waals surface area contributed by atoms with Gasteiger partial charge in [-0.05, 0) is 54.4 Å². The number of amides is 1. The summed E-state index contributed by atoms with van der Waals surface area (Å²) < 4.78 is 40.7. The number of nitrogens with zero attached hydrogens (tertiary/aromatic N) is 3. The Morgan fingerprint density at radius 3 is 2.57 bits per heavy atom. The molecule has 1 amide bonds. The molecule has 0 unspecified atom stereocenters. The number of hydrogen-bond donors (Lipinski definition) is 1. The lowest BCUT2D eigenvalue weighted by molar-refractivity contribution is -0.138. The van der Waals surface area contributed by atoms with Gasteiger partial charge in [-0.25, -0.2) is 0 Å². The van der Waals surface area contributed by atoms with Gasteiger partial charge in [0.15, 0.2) is 0 Å². The highest BCUT2D eigenvalue weighted by atomic mass is 32.1. The van der Waals surface area contributed by atoms with Crippen molar-refractivity contribution in [3.8, 4) is 27.6 Å². The zero-order valence-electron chi connectivity index (χ0n) is 19.3. The van der Waals surface area contributed by atoms with Crippen LogP contribution in [0.5, 0.6) is 0 Å². The van der Waals surface area contributed by atoms with Crippen molar-refractivity contribution in [2.45, 2.75) is 13.1 Å². The number of anilines is 1. The summed E-state index contributed by atoms with van der Waals surface area (Å²) in [4.78, 5) is 22.3. The van der Waals surface area contributed by atoms with Crippen LogP contribution < -0.4 is 5.32 Å². The third kappa shape index (κ3) is 4.79. The molecule has 3 heterocycles. The summed E-state index contributed by atoms with van der Waals surface area (Å²) in [5, 5.41) is 12.5. The number of thiophene rings is 1. The lowest BCUT2D eigenvalue weighted by atomic mass is 10.0.